The van der Waals surface area contributed by atoms with Gasteiger partial charge in [-0.25, -0.2) is 0 Å². The predicted octanol–water partition coefficient (Wildman–Crippen LogP) is 3.44. The maximum absolute atomic E-state index is 4.36. The van der Waals surface area contributed by atoms with Crippen LogP contribution in [-0.4, -0.2) is 12.8 Å². The summed E-state index contributed by atoms with van der Waals surface area (Å²) in [4.78, 5) is 4.36. The zero-order valence-electron chi connectivity index (χ0n) is 8.47. The van der Waals surface area contributed by atoms with E-state index >= 15 is 0 Å². The van der Waals surface area contributed by atoms with Gasteiger partial charge in [0.15, 0.2) is 0 Å². The molecule has 0 fully saturated rings. The second-order valence-corrected chi connectivity index (χ2v) is 4.60. The van der Waals surface area contributed by atoms with Gasteiger partial charge in [-0.3, -0.25) is 4.99 Å². The Balaban J connectivity index is 2.37. The molecule has 1 rings (SSSR count). The molecule has 1 nitrogen and oxygen atoms in total. The van der Waals surface area contributed by atoms with E-state index in [0.717, 1.165) is 6.54 Å². The summed E-state index contributed by atoms with van der Waals surface area (Å²) in [6.07, 6.45) is 9.98. The van der Waals surface area contributed by atoms with E-state index in [2.05, 4.69) is 25.1 Å². The molecule has 0 bridgehead atoms. The Bertz CT molecular complexity index is 147. The quantitative estimate of drug-likeness (QED) is 0.524. The van der Waals surface area contributed by atoms with Crippen LogP contribution in [0.3, 0.4) is 0 Å². The fourth-order valence-corrected chi connectivity index (χ4v) is 1.79. The van der Waals surface area contributed by atoms with Crippen LogP contribution < -0.4 is 0 Å². The Morgan fingerprint density at radius 2 is 1.83 bits per heavy atom. The molecule has 0 N–H and O–H groups in total. The maximum Gasteiger partial charge on any atom is 0.0385 e. The van der Waals surface area contributed by atoms with Gasteiger partial charge in [-0.2, -0.15) is 0 Å². The molecule has 0 aromatic carbocycles. The molecule has 0 saturated carbocycles. The summed E-state index contributed by atoms with van der Waals surface area (Å²) in [5.74, 6) is 0. The minimum Gasteiger partial charge on any atom is -0.298 e. The molecule has 0 saturated heterocycles. The third kappa shape index (κ3) is 3.89. The summed E-state index contributed by atoms with van der Waals surface area (Å²) in [5.41, 5.74) is 0.575. The van der Waals surface area contributed by atoms with E-state index in [1.54, 1.807) is 0 Å². The first kappa shape index (κ1) is 9.76. The first-order valence-electron chi connectivity index (χ1n) is 5.19. The molecule has 0 unspecified atom stereocenters. The molecule has 12 heavy (non-hydrogen) atoms. The number of hydrogen-bond donors (Lipinski definition) is 0. The van der Waals surface area contributed by atoms with Gasteiger partial charge in [0.25, 0.3) is 0 Å². The lowest BCUT2D eigenvalue weighted by Gasteiger charge is -2.24. The number of rotatable bonds is 0. The van der Waals surface area contributed by atoms with Crippen molar-refractivity contribution in [1.29, 1.82) is 0 Å². The lowest BCUT2D eigenvalue weighted by Crippen LogP contribution is -2.11. The average Bonchev–Trinajstić information content (AvgIpc) is 2.02. The molecule has 0 aromatic rings. The minimum absolute atomic E-state index is 0.575. The summed E-state index contributed by atoms with van der Waals surface area (Å²) in [7, 11) is 0. The molecule has 1 heteroatoms. The normalized spacial score (nSPS) is 25.2. The zero-order chi connectivity index (χ0) is 8.86. The second-order valence-electron chi connectivity index (χ2n) is 4.60. The van der Waals surface area contributed by atoms with Crippen LogP contribution in [0.5, 0.6) is 0 Å². The van der Waals surface area contributed by atoms with Crippen LogP contribution in [-0.2, 0) is 0 Å². The Labute approximate surface area is 76.3 Å². The zero-order valence-corrected chi connectivity index (χ0v) is 8.47. The van der Waals surface area contributed by atoms with Crippen LogP contribution in [0.4, 0.5) is 0 Å². The van der Waals surface area contributed by atoms with Crippen LogP contribution in [0, 0.1) is 5.41 Å². The number of hydrogen-bond acceptors (Lipinski definition) is 1. The molecule has 0 aliphatic carbocycles. The third-order valence-electron chi connectivity index (χ3n) is 2.71. The van der Waals surface area contributed by atoms with Crippen LogP contribution in [0.25, 0.3) is 0 Å². The third-order valence-corrected chi connectivity index (χ3v) is 2.71. The smallest absolute Gasteiger partial charge is 0.0385 e. The van der Waals surface area contributed by atoms with Gasteiger partial charge in [0.1, 0.15) is 0 Å². The fraction of sp³-hybridized carbons (Fsp3) is 0.909. The molecule has 0 amide bonds. The van der Waals surface area contributed by atoms with Crippen molar-refractivity contribution in [2.45, 2.75) is 52.4 Å². The Morgan fingerprint density at radius 3 is 2.67 bits per heavy atom. The van der Waals surface area contributed by atoms with Crippen molar-refractivity contribution in [3.05, 3.63) is 0 Å². The predicted molar refractivity (Wildman–Crippen MR) is 54.8 cm³/mol. The highest BCUT2D eigenvalue weighted by atomic mass is 14.7. The summed E-state index contributed by atoms with van der Waals surface area (Å²) < 4.78 is 0. The van der Waals surface area contributed by atoms with Crippen molar-refractivity contribution in [1.82, 2.24) is 0 Å². The molecule has 0 spiro atoms. The summed E-state index contributed by atoms with van der Waals surface area (Å²) in [5, 5.41) is 0. The largest absolute Gasteiger partial charge is 0.298 e. The molecule has 1 heterocycles. The summed E-state index contributed by atoms with van der Waals surface area (Å²) in [6, 6.07) is 0. The van der Waals surface area contributed by atoms with E-state index < -0.39 is 0 Å². The highest BCUT2D eigenvalue weighted by Gasteiger charge is 2.16. The van der Waals surface area contributed by atoms with Gasteiger partial charge in [0.05, 0.1) is 0 Å². The van der Waals surface area contributed by atoms with Gasteiger partial charge >= 0.3 is 0 Å². The van der Waals surface area contributed by atoms with E-state index in [4.69, 9.17) is 0 Å². The van der Waals surface area contributed by atoms with Gasteiger partial charge in [-0.05, 0) is 43.7 Å². The van der Waals surface area contributed by atoms with Gasteiger partial charge in [-0.15, -0.1) is 0 Å². The van der Waals surface area contributed by atoms with Gasteiger partial charge in [0, 0.05) is 6.54 Å². The van der Waals surface area contributed by atoms with Crippen molar-refractivity contribution in [2.75, 3.05) is 6.54 Å². The molecule has 0 aromatic heterocycles. The SMILES string of the molecule is CC1(C)CCCC=NCCCC1. The van der Waals surface area contributed by atoms with Gasteiger partial charge < -0.3 is 0 Å². The lowest BCUT2D eigenvalue weighted by atomic mass is 9.82. The standard InChI is InChI=1S/C11H21N/c1-11(2)7-3-5-9-12-10-6-4-8-11/h9H,3-8,10H2,1-2H3. The monoisotopic (exact) mass is 167 g/mol. The van der Waals surface area contributed by atoms with E-state index in [9.17, 15) is 0 Å². The molecule has 1 aliphatic rings. The fourth-order valence-electron chi connectivity index (χ4n) is 1.79. The molecule has 1 aliphatic heterocycles. The van der Waals surface area contributed by atoms with Crippen LogP contribution >= 0.6 is 0 Å². The Kier molecular flexibility index (Phi) is 3.77. The van der Waals surface area contributed by atoms with Gasteiger partial charge in [0.2, 0.25) is 0 Å². The van der Waals surface area contributed by atoms with E-state index in [-0.39, 0.29) is 0 Å². The molecular formula is C11H21N. The maximum atomic E-state index is 4.36. The molecular weight excluding hydrogens is 146 g/mol. The van der Waals surface area contributed by atoms with Crippen molar-refractivity contribution >= 4 is 6.21 Å². The van der Waals surface area contributed by atoms with Gasteiger partial charge in [-0.1, -0.05) is 20.3 Å². The Hall–Kier alpha value is -0.330. The van der Waals surface area contributed by atoms with Crippen molar-refractivity contribution in [2.24, 2.45) is 10.4 Å². The van der Waals surface area contributed by atoms with E-state index in [0.29, 0.717) is 5.41 Å². The van der Waals surface area contributed by atoms with E-state index in [1.807, 2.05) is 0 Å². The Morgan fingerprint density at radius 1 is 1.08 bits per heavy atom. The summed E-state index contributed by atoms with van der Waals surface area (Å²) >= 11 is 0. The van der Waals surface area contributed by atoms with Crippen molar-refractivity contribution in [3.8, 4) is 0 Å². The number of aliphatic imine (C=N–C) groups is 1. The summed E-state index contributed by atoms with van der Waals surface area (Å²) in [6.45, 7) is 5.84. The highest BCUT2D eigenvalue weighted by Crippen LogP contribution is 2.29. The first-order chi connectivity index (χ1) is 5.71. The van der Waals surface area contributed by atoms with Crippen molar-refractivity contribution < 1.29 is 0 Å². The second kappa shape index (κ2) is 4.64. The minimum atomic E-state index is 0.575. The van der Waals surface area contributed by atoms with Crippen molar-refractivity contribution in [3.63, 3.8) is 0 Å². The van der Waals surface area contributed by atoms with Crippen LogP contribution in [0.2, 0.25) is 0 Å². The molecule has 0 atom stereocenters. The lowest BCUT2D eigenvalue weighted by molar-refractivity contribution is 0.290. The van der Waals surface area contributed by atoms with E-state index in [1.165, 1.54) is 38.5 Å². The average molecular weight is 167 g/mol. The highest BCUT2D eigenvalue weighted by molar-refractivity contribution is 5.56. The number of nitrogens with zero attached hydrogens (tertiary/aromatic N) is 1. The molecule has 70 valence electrons. The topological polar surface area (TPSA) is 12.4 Å². The van der Waals surface area contributed by atoms with Crippen LogP contribution in [0.15, 0.2) is 4.99 Å². The molecule has 0 radical (unpaired) electrons. The van der Waals surface area contributed by atoms with Crippen LogP contribution in [0.1, 0.15) is 52.4 Å². The first-order valence-corrected chi connectivity index (χ1v) is 5.19.